The van der Waals surface area contributed by atoms with Crippen LogP contribution in [0.1, 0.15) is 6.92 Å². The quantitative estimate of drug-likeness (QED) is 0.674. The van der Waals surface area contributed by atoms with Crippen molar-refractivity contribution in [2.24, 2.45) is 0 Å². The van der Waals surface area contributed by atoms with Crippen molar-refractivity contribution in [3.8, 4) is 0 Å². The van der Waals surface area contributed by atoms with E-state index in [1.54, 1.807) is 18.2 Å². The summed E-state index contributed by atoms with van der Waals surface area (Å²) < 4.78 is 25.8. The molecule has 0 aromatic heterocycles. The number of likely N-dealkylation sites (N-methyl/N-ethyl adjacent to an activating group) is 1. The average Bonchev–Trinajstić information content (AvgIpc) is 3.06. The second-order valence-corrected chi connectivity index (χ2v) is 10.5. The Bertz CT molecular complexity index is 947. The van der Waals surface area contributed by atoms with E-state index in [0.29, 0.717) is 26.2 Å². The number of allylic oxidation sites excluding steroid dienone is 1. The van der Waals surface area contributed by atoms with Crippen LogP contribution < -0.4 is 10.6 Å². The predicted octanol–water partition coefficient (Wildman–Crippen LogP) is 2.57. The van der Waals surface area contributed by atoms with Gasteiger partial charge in [-0.3, -0.25) is 4.79 Å². The van der Waals surface area contributed by atoms with E-state index >= 15 is 0 Å². The van der Waals surface area contributed by atoms with Gasteiger partial charge in [0.25, 0.3) is 0 Å². The third-order valence-electron chi connectivity index (χ3n) is 4.65. The van der Waals surface area contributed by atoms with Crippen LogP contribution in [-0.2, 0) is 14.8 Å². The zero-order valence-corrected chi connectivity index (χ0v) is 18.7. The smallest absolute Gasteiger partial charge is 0.306 e. The van der Waals surface area contributed by atoms with Crippen LogP contribution in [0.2, 0.25) is 10.0 Å². The lowest BCUT2D eigenvalue weighted by atomic mass is 10.3. The first-order valence-corrected chi connectivity index (χ1v) is 12.1. The number of hydrogen-bond donors (Lipinski definition) is 2. The summed E-state index contributed by atoms with van der Waals surface area (Å²) >= 11 is 12.8. The third kappa shape index (κ3) is 4.89. The van der Waals surface area contributed by atoms with Crippen molar-refractivity contribution in [3.05, 3.63) is 39.3 Å². The number of nitrogens with zero attached hydrogens (tertiary/aromatic N) is 2. The summed E-state index contributed by atoms with van der Waals surface area (Å²) in [5.41, 5.74) is 0.194. The molecular formula is C17H20Cl2N4O4S2. The monoisotopic (exact) mass is 478 g/mol. The molecule has 8 nitrogen and oxygen atoms in total. The molecule has 1 unspecified atom stereocenters. The average molecular weight is 479 g/mol. The SMILES string of the molecule is CCN1CCN(S(=O)(=O)C2SC=C(NC(=O)Nc3cccc(Cl)c3Cl)C2=O)CC1. The van der Waals surface area contributed by atoms with Crippen molar-refractivity contribution in [1.82, 2.24) is 14.5 Å². The lowest BCUT2D eigenvalue weighted by Crippen LogP contribution is -2.51. The Hall–Kier alpha value is -1.30. The minimum atomic E-state index is -3.82. The number of urea groups is 1. The molecular weight excluding hydrogens is 459 g/mol. The third-order valence-corrected chi connectivity index (χ3v) is 9.20. The van der Waals surface area contributed by atoms with E-state index in [2.05, 4.69) is 15.5 Å². The first kappa shape index (κ1) is 22.4. The van der Waals surface area contributed by atoms with Crippen LogP contribution in [0.5, 0.6) is 0 Å². The van der Waals surface area contributed by atoms with Gasteiger partial charge in [0.2, 0.25) is 15.8 Å². The highest BCUT2D eigenvalue weighted by molar-refractivity contribution is 8.16. The van der Waals surface area contributed by atoms with Gasteiger partial charge in [-0.2, -0.15) is 4.31 Å². The molecule has 0 bridgehead atoms. The summed E-state index contributed by atoms with van der Waals surface area (Å²) in [4.78, 5) is 27.0. The molecule has 2 N–H and O–H groups in total. The molecule has 3 rings (SSSR count). The van der Waals surface area contributed by atoms with Crippen LogP contribution in [-0.4, -0.2) is 66.7 Å². The predicted molar refractivity (Wildman–Crippen MR) is 116 cm³/mol. The van der Waals surface area contributed by atoms with Crippen LogP contribution in [0.25, 0.3) is 0 Å². The molecule has 29 heavy (non-hydrogen) atoms. The summed E-state index contributed by atoms with van der Waals surface area (Å²) in [7, 11) is -3.82. The molecule has 0 aliphatic carbocycles. The fourth-order valence-corrected chi connectivity index (χ4v) is 6.45. The first-order valence-electron chi connectivity index (χ1n) is 8.87. The lowest BCUT2D eigenvalue weighted by molar-refractivity contribution is -0.114. The van der Waals surface area contributed by atoms with Crippen molar-refractivity contribution in [2.75, 3.05) is 38.0 Å². The number of rotatable bonds is 5. The number of sulfonamides is 1. The van der Waals surface area contributed by atoms with E-state index in [-0.39, 0.29) is 21.4 Å². The fraction of sp³-hybridized carbons (Fsp3) is 0.412. The van der Waals surface area contributed by atoms with Gasteiger partial charge >= 0.3 is 6.03 Å². The van der Waals surface area contributed by atoms with E-state index < -0.39 is 26.4 Å². The largest absolute Gasteiger partial charge is 0.323 e. The summed E-state index contributed by atoms with van der Waals surface area (Å²) in [6.07, 6.45) is 0. The van der Waals surface area contributed by atoms with Gasteiger partial charge in [-0.1, -0.05) is 36.2 Å². The van der Waals surface area contributed by atoms with Crippen LogP contribution in [0.15, 0.2) is 29.3 Å². The lowest BCUT2D eigenvalue weighted by Gasteiger charge is -2.34. The molecule has 1 saturated heterocycles. The summed E-state index contributed by atoms with van der Waals surface area (Å²) in [5.74, 6) is -0.653. The highest BCUT2D eigenvalue weighted by Crippen LogP contribution is 2.33. The van der Waals surface area contributed by atoms with Crippen molar-refractivity contribution in [3.63, 3.8) is 0 Å². The van der Waals surface area contributed by atoms with Crippen molar-refractivity contribution in [1.29, 1.82) is 0 Å². The molecule has 158 valence electrons. The van der Waals surface area contributed by atoms with Gasteiger partial charge in [-0.25, -0.2) is 13.2 Å². The number of nitrogens with one attached hydrogen (secondary N) is 2. The van der Waals surface area contributed by atoms with Gasteiger partial charge in [0.05, 0.1) is 21.4 Å². The number of ketones is 1. The molecule has 2 amide bonds. The van der Waals surface area contributed by atoms with Crippen LogP contribution >= 0.6 is 35.0 Å². The highest BCUT2D eigenvalue weighted by atomic mass is 35.5. The van der Waals surface area contributed by atoms with Crippen LogP contribution in [0.3, 0.4) is 0 Å². The number of carbonyl (C=O) groups is 2. The number of carbonyl (C=O) groups excluding carboxylic acids is 2. The molecule has 1 aromatic carbocycles. The molecule has 1 fully saturated rings. The van der Waals surface area contributed by atoms with Gasteiger partial charge < -0.3 is 15.5 Å². The summed E-state index contributed by atoms with van der Waals surface area (Å²) in [6, 6.07) is 4.02. The zero-order chi connectivity index (χ0) is 21.2. The Morgan fingerprint density at radius 2 is 1.90 bits per heavy atom. The van der Waals surface area contributed by atoms with Crippen molar-refractivity contribution >= 4 is 62.5 Å². The molecule has 1 atom stereocenters. The van der Waals surface area contributed by atoms with Gasteiger partial charge in [-0.05, 0) is 18.7 Å². The second kappa shape index (κ2) is 9.23. The maximum absolute atomic E-state index is 12.9. The van der Waals surface area contributed by atoms with E-state index in [1.807, 2.05) is 6.92 Å². The number of Topliss-reactive ketones (excluding diaryl/α,β-unsaturated/α-hetero) is 1. The van der Waals surface area contributed by atoms with Crippen molar-refractivity contribution < 1.29 is 18.0 Å². The van der Waals surface area contributed by atoms with Gasteiger partial charge in [0, 0.05) is 31.6 Å². The Balaban J connectivity index is 1.62. The fourth-order valence-electron chi connectivity index (χ4n) is 2.99. The highest BCUT2D eigenvalue weighted by Gasteiger charge is 2.43. The molecule has 2 heterocycles. The van der Waals surface area contributed by atoms with E-state index in [1.165, 1.54) is 9.71 Å². The first-order chi connectivity index (χ1) is 13.7. The topological polar surface area (TPSA) is 98.8 Å². The zero-order valence-electron chi connectivity index (χ0n) is 15.5. The number of piperazine rings is 1. The number of benzene rings is 1. The number of halogens is 2. The number of anilines is 1. The second-order valence-electron chi connectivity index (χ2n) is 6.42. The maximum atomic E-state index is 12.9. The van der Waals surface area contributed by atoms with Gasteiger partial charge in [0.15, 0.2) is 4.58 Å². The van der Waals surface area contributed by atoms with E-state index in [0.717, 1.165) is 18.3 Å². The summed E-state index contributed by atoms with van der Waals surface area (Å²) in [5, 5.41) is 6.67. The summed E-state index contributed by atoms with van der Waals surface area (Å²) in [6.45, 7) is 4.82. The van der Waals surface area contributed by atoms with Gasteiger partial charge in [-0.15, -0.1) is 11.8 Å². The van der Waals surface area contributed by atoms with Crippen LogP contribution in [0.4, 0.5) is 10.5 Å². The van der Waals surface area contributed by atoms with E-state index in [4.69, 9.17) is 23.2 Å². The molecule has 2 aliphatic rings. The minimum absolute atomic E-state index is 0.0774. The standard InChI is InChI=1S/C17H20Cl2N4O4S2/c1-2-22-6-8-23(9-7-22)29(26,27)16-15(24)13(10-28-16)21-17(25)20-12-5-3-4-11(18)14(12)19/h3-5,10,16H,2,6-9H2,1H3,(H2,20,21,25). The van der Waals surface area contributed by atoms with E-state index in [9.17, 15) is 18.0 Å². The molecule has 0 saturated carbocycles. The number of amides is 2. The number of thioether (sulfide) groups is 1. The Morgan fingerprint density at radius 1 is 1.21 bits per heavy atom. The Morgan fingerprint density at radius 3 is 2.55 bits per heavy atom. The molecule has 1 aromatic rings. The molecule has 0 radical (unpaired) electrons. The van der Waals surface area contributed by atoms with Gasteiger partial charge in [0.1, 0.15) is 0 Å². The molecule has 2 aliphatic heterocycles. The molecule has 0 spiro atoms. The Kier molecular flexibility index (Phi) is 7.13. The maximum Gasteiger partial charge on any atom is 0.323 e. The minimum Gasteiger partial charge on any atom is -0.306 e. The molecule has 12 heteroatoms. The normalized spacial score (nSPS) is 21.1. The Labute approximate surface area is 183 Å². The number of hydrogen-bond acceptors (Lipinski definition) is 6. The van der Waals surface area contributed by atoms with Crippen LogP contribution in [0, 0.1) is 0 Å². The van der Waals surface area contributed by atoms with Crippen molar-refractivity contribution in [2.45, 2.75) is 11.5 Å².